The smallest absolute Gasteiger partial charge is 0.223 e. The van der Waals surface area contributed by atoms with Crippen LogP contribution in [0.1, 0.15) is 63.9 Å². The summed E-state index contributed by atoms with van der Waals surface area (Å²) in [4.78, 5) is 25.8. The van der Waals surface area contributed by atoms with Gasteiger partial charge in [0.25, 0.3) is 0 Å². The van der Waals surface area contributed by atoms with Gasteiger partial charge in [-0.2, -0.15) is 0 Å². The topological polar surface area (TPSA) is 61.4 Å². The number of hydrogen-bond acceptors (Lipinski definition) is 3. The van der Waals surface area contributed by atoms with E-state index in [9.17, 15) is 22.8 Å². The summed E-state index contributed by atoms with van der Waals surface area (Å²) in [7, 11) is 1.81. The van der Waals surface area contributed by atoms with Gasteiger partial charge in [0, 0.05) is 44.1 Å². The number of carbonyl (C=O) groups is 2. The van der Waals surface area contributed by atoms with E-state index >= 15 is 0 Å². The highest BCUT2D eigenvalue weighted by molar-refractivity contribution is 5.77. The molecule has 0 radical (unpaired) electrons. The minimum absolute atomic E-state index is 0.0345. The second kappa shape index (κ2) is 11.2. The van der Waals surface area contributed by atoms with Gasteiger partial charge in [-0.05, 0) is 69.5 Å². The molecule has 1 aromatic carbocycles. The molecule has 2 aliphatic heterocycles. The number of unbranched alkanes of at least 4 members (excludes halogenated alkanes) is 2. The maximum atomic E-state index is 14.2. The molecule has 2 heterocycles. The van der Waals surface area contributed by atoms with Crippen molar-refractivity contribution in [2.45, 2.75) is 82.8 Å². The van der Waals surface area contributed by atoms with Gasteiger partial charge in [0.05, 0.1) is 0 Å². The summed E-state index contributed by atoms with van der Waals surface area (Å²) >= 11 is 0. The molecule has 8 heteroatoms. The predicted molar refractivity (Wildman–Crippen MR) is 116 cm³/mol. The van der Waals surface area contributed by atoms with Crippen molar-refractivity contribution in [2.75, 3.05) is 13.6 Å². The lowest BCUT2D eigenvalue weighted by Crippen LogP contribution is -2.50. The molecule has 0 spiro atoms. The second-order valence-electron chi connectivity index (χ2n) is 9.17. The highest BCUT2D eigenvalue weighted by atomic mass is 19.2. The van der Waals surface area contributed by atoms with E-state index in [-0.39, 0.29) is 47.8 Å². The van der Waals surface area contributed by atoms with Crippen molar-refractivity contribution in [3.05, 3.63) is 35.1 Å². The number of amides is 2. The molecular formula is C24H34F3N3O2. The lowest BCUT2D eigenvalue weighted by molar-refractivity contribution is -0.136. The molecule has 2 N–H and O–H groups in total. The number of carbonyl (C=O) groups excluding carboxylic acids is 2. The number of rotatable bonds is 10. The molecule has 3 rings (SSSR count). The summed E-state index contributed by atoms with van der Waals surface area (Å²) in [5.41, 5.74) is 0.174. The molecule has 2 aliphatic rings. The fourth-order valence-corrected chi connectivity index (χ4v) is 5.39. The van der Waals surface area contributed by atoms with Gasteiger partial charge in [0.2, 0.25) is 11.8 Å². The molecule has 0 saturated carbocycles. The van der Waals surface area contributed by atoms with Crippen LogP contribution < -0.4 is 10.6 Å². The summed E-state index contributed by atoms with van der Waals surface area (Å²) in [6, 6.07) is 1.88. The van der Waals surface area contributed by atoms with E-state index in [1.165, 1.54) is 6.92 Å². The Morgan fingerprint density at radius 3 is 2.31 bits per heavy atom. The predicted octanol–water partition coefficient (Wildman–Crippen LogP) is 3.70. The van der Waals surface area contributed by atoms with Crippen LogP contribution >= 0.6 is 0 Å². The standard InChI is InChI=1S/C24H34F3N3O2/c1-15(31)29-9-5-3-4-6-24(32)30-18-7-8-19(30)11-17(10-18)23(28-2)13-16-12-21(26)22(27)14-20(16)25/h12,14,17-19,23,28H,3-11,13H2,1-2H3,(H,29,31)/t17?,18-,19+,23?. The van der Waals surface area contributed by atoms with Gasteiger partial charge in [-0.25, -0.2) is 13.2 Å². The largest absolute Gasteiger partial charge is 0.356 e. The normalized spacial score (nSPS) is 23.3. The van der Waals surface area contributed by atoms with E-state index in [0.717, 1.165) is 51.0 Å². The highest BCUT2D eigenvalue weighted by Gasteiger charge is 2.44. The first kappa shape index (κ1) is 24.6. The molecular weight excluding hydrogens is 419 g/mol. The molecule has 2 amide bonds. The number of halogens is 3. The van der Waals surface area contributed by atoms with Crippen LogP contribution in [0.4, 0.5) is 13.2 Å². The van der Waals surface area contributed by atoms with Crippen molar-refractivity contribution in [2.24, 2.45) is 5.92 Å². The Morgan fingerprint density at radius 2 is 1.69 bits per heavy atom. The van der Waals surface area contributed by atoms with E-state index in [0.29, 0.717) is 19.0 Å². The molecule has 178 valence electrons. The van der Waals surface area contributed by atoms with Gasteiger partial charge in [0.15, 0.2) is 11.6 Å². The van der Waals surface area contributed by atoms with Crippen LogP contribution in [0.25, 0.3) is 0 Å². The second-order valence-corrected chi connectivity index (χ2v) is 9.17. The van der Waals surface area contributed by atoms with Crippen LogP contribution in [0, 0.1) is 23.4 Å². The molecule has 2 fully saturated rings. The summed E-state index contributed by atoms with van der Waals surface area (Å²) in [6.07, 6.45) is 7.01. The first-order valence-electron chi connectivity index (χ1n) is 11.7. The Bertz CT molecular complexity index is 806. The Labute approximate surface area is 188 Å². The van der Waals surface area contributed by atoms with Gasteiger partial charge >= 0.3 is 0 Å². The number of hydrogen-bond donors (Lipinski definition) is 2. The van der Waals surface area contributed by atoms with Crippen molar-refractivity contribution < 1.29 is 22.8 Å². The minimum atomic E-state index is -1.17. The highest BCUT2D eigenvalue weighted by Crippen LogP contribution is 2.41. The van der Waals surface area contributed by atoms with Crippen LogP contribution in [0.2, 0.25) is 0 Å². The van der Waals surface area contributed by atoms with E-state index in [2.05, 4.69) is 15.5 Å². The zero-order valence-corrected chi connectivity index (χ0v) is 18.9. The molecule has 2 unspecified atom stereocenters. The first-order chi connectivity index (χ1) is 15.3. The zero-order chi connectivity index (χ0) is 23.3. The fraction of sp³-hybridized carbons (Fsp3) is 0.667. The monoisotopic (exact) mass is 453 g/mol. The molecule has 32 heavy (non-hydrogen) atoms. The Balaban J connectivity index is 1.52. The summed E-state index contributed by atoms with van der Waals surface area (Å²) in [5, 5.41) is 6.01. The average Bonchev–Trinajstić information content (AvgIpc) is 3.01. The number of piperidine rings is 1. The summed E-state index contributed by atoms with van der Waals surface area (Å²) < 4.78 is 41.0. The lowest BCUT2D eigenvalue weighted by atomic mass is 9.82. The van der Waals surface area contributed by atoms with E-state index in [4.69, 9.17) is 0 Å². The van der Waals surface area contributed by atoms with Gasteiger partial charge in [-0.3, -0.25) is 9.59 Å². The van der Waals surface area contributed by atoms with Gasteiger partial charge in [-0.1, -0.05) is 6.42 Å². The van der Waals surface area contributed by atoms with Gasteiger partial charge < -0.3 is 15.5 Å². The number of likely N-dealkylation sites (N-methyl/N-ethyl adjacent to an activating group) is 1. The van der Waals surface area contributed by atoms with Crippen molar-refractivity contribution in [1.29, 1.82) is 0 Å². The van der Waals surface area contributed by atoms with Crippen molar-refractivity contribution in [1.82, 2.24) is 15.5 Å². The summed E-state index contributed by atoms with van der Waals surface area (Å²) in [6.45, 7) is 2.14. The van der Waals surface area contributed by atoms with Crippen molar-refractivity contribution >= 4 is 11.8 Å². The van der Waals surface area contributed by atoms with Crippen LogP contribution in [0.15, 0.2) is 12.1 Å². The van der Waals surface area contributed by atoms with Crippen LogP contribution in [-0.2, 0) is 16.0 Å². The third-order valence-corrected chi connectivity index (χ3v) is 6.97. The average molecular weight is 454 g/mol. The third kappa shape index (κ3) is 6.03. The maximum Gasteiger partial charge on any atom is 0.223 e. The Hall–Kier alpha value is -2.09. The van der Waals surface area contributed by atoms with Crippen LogP contribution in [0.5, 0.6) is 0 Å². The molecule has 1 aromatic rings. The number of benzene rings is 1. The van der Waals surface area contributed by atoms with Crippen LogP contribution in [0.3, 0.4) is 0 Å². The zero-order valence-electron chi connectivity index (χ0n) is 18.9. The van der Waals surface area contributed by atoms with Gasteiger partial charge in [0.1, 0.15) is 5.82 Å². The van der Waals surface area contributed by atoms with Crippen molar-refractivity contribution in [3.8, 4) is 0 Å². The summed E-state index contributed by atoms with van der Waals surface area (Å²) in [5.74, 6) is -2.53. The lowest BCUT2D eigenvalue weighted by Gasteiger charge is -2.42. The molecule has 2 bridgehead atoms. The van der Waals surface area contributed by atoms with E-state index in [1.54, 1.807) is 0 Å². The number of nitrogens with one attached hydrogen (secondary N) is 2. The number of fused-ring (bicyclic) bond motifs is 2. The maximum absolute atomic E-state index is 14.2. The molecule has 2 saturated heterocycles. The SMILES string of the molecule is CNC(Cc1cc(F)c(F)cc1F)C1C[C@H]2CC[C@@H](C1)N2C(=O)CCCCCNC(C)=O. The molecule has 5 nitrogen and oxygen atoms in total. The fourth-order valence-electron chi connectivity index (χ4n) is 5.39. The van der Waals surface area contributed by atoms with Crippen molar-refractivity contribution in [3.63, 3.8) is 0 Å². The van der Waals surface area contributed by atoms with E-state index in [1.807, 2.05) is 7.05 Å². The molecule has 0 aromatic heterocycles. The third-order valence-electron chi connectivity index (χ3n) is 6.97. The molecule has 4 atom stereocenters. The van der Waals surface area contributed by atoms with Crippen LogP contribution in [-0.4, -0.2) is 48.4 Å². The quantitative estimate of drug-likeness (QED) is 0.420. The first-order valence-corrected chi connectivity index (χ1v) is 11.7. The number of nitrogens with zero attached hydrogens (tertiary/aromatic N) is 1. The Morgan fingerprint density at radius 1 is 1.03 bits per heavy atom. The Kier molecular flexibility index (Phi) is 8.57. The minimum Gasteiger partial charge on any atom is -0.356 e. The van der Waals surface area contributed by atoms with E-state index < -0.39 is 17.5 Å². The molecule has 0 aliphatic carbocycles. The van der Waals surface area contributed by atoms with Gasteiger partial charge in [-0.15, -0.1) is 0 Å².